The number of hydrogen-bond donors (Lipinski definition) is 2. The zero-order valence-corrected chi connectivity index (χ0v) is 16.7. The zero-order chi connectivity index (χ0) is 19.2. The SMILES string of the molecule is CC.CC(=O)CCCCC(=O)N1CCC(NC(=O)CNC(C)C)CC1. The Bertz CT molecular complexity index is 403. The van der Waals surface area contributed by atoms with Crippen molar-refractivity contribution in [2.45, 2.75) is 85.2 Å². The number of nitrogens with one attached hydrogen (secondary N) is 2. The van der Waals surface area contributed by atoms with Crippen molar-refractivity contribution in [3.8, 4) is 0 Å². The standard InChI is InChI=1S/C17H31N3O3.C2H6/c1-13(2)18-12-16(22)19-15-8-10-20(11-9-15)17(23)7-5-4-6-14(3)21;1-2/h13,15,18H,4-12H2,1-3H3,(H,19,22);1-2H3. The number of piperidine rings is 1. The molecule has 1 rings (SSSR count). The summed E-state index contributed by atoms with van der Waals surface area (Å²) >= 11 is 0. The summed E-state index contributed by atoms with van der Waals surface area (Å²) < 4.78 is 0. The van der Waals surface area contributed by atoms with Gasteiger partial charge in [0.1, 0.15) is 5.78 Å². The molecular weight excluding hydrogens is 318 g/mol. The number of Topliss-reactive ketones (excluding diaryl/α,β-unsaturated/α-hetero) is 1. The third-order valence-electron chi connectivity index (χ3n) is 4.05. The van der Waals surface area contributed by atoms with Gasteiger partial charge in [-0.05, 0) is 32.6 Å². The maximum atomic E-state index is 12.1. The molecule has 0 bridgehead atoms. The molecule has 0 radical (unpaired) electrons. The minimum absolute atomic E-state index is 0.0210. The van der Waals surface area contributed by atoms with Gasteiger partial charge in [-0.25, -0.2) is 0 Å². The van der Waals surface area contributed by atoms with Gasteiger partial charge < -0.3 is 20.3 Å². The summed E-state index contributed by atoms with van der Waals surface area (Å²) in [6.45, 7) is 11.3. The predicted octanol–water partition coefficient (Wildman–Crippen LogP) is 2.27. The van der Waals surface area contributed by atoms with Crippen LogP contribution < -0.4 is 10.6 Å². The zero-order valence-electron chi connectivity index (χ0n) is 16.7. The number of amides is 2. The van der Waals surface area contributed by atoms with Crippen LogP contribution in [0.5, 0.6) is 0 Å². The van der Waals surface area contributed by atoms with Crippen molar-refractivity contribution >= 4 is 17.6 Å². The van der Waals surface area contributed by atoms with E-state index >= 15 is 0 Å². The number of carbonyl (C=O) groups excluding carboxylic acids is 3. The fourth-order valence-electron chi connectivity index (χ4n) is 2.66. The first-order chi connectivity index (χ1) is 11.9. The molecular formula is C19H37N3O3. The minimum atomic E-state index is 0.0210. The highest BCUT2D eigenvalue weighted by Gasteiger charge is 2.23. The third-order valence-corrected chi connectivity index (χ3v) is 4.05. The fourth-order valence-corrected chi connectivity index (χ4v) is 2.66. The van der Waals surface area contributed by atoms with Crippen molar-refractivity contribution < 1.29 is 14.4 Å². The lowest BCUT2D eigenvalue weighted by molar-refractivity contribution is -0.132. The third kappa shape index (κ3) is 11.7. The van der Waals surface area contributed by atoms with E-state index in [2.05, 4.69) is 10.6 Å². The van der Waals surface area contributed by atoms with Crippen LogP contribution in [0.2, 0.25) is 0 Å². The van der Waals surface area contributed by atoms with E-state index in [-0.39, 0.29) is 23.6 Å². The van der Waals surface area contributed by atoms with Gasteiger partial charge in [0.2, 0.25) is 11.8 Å². The average molecular weight is 356 g/mol. The number of unbranched alkanes of at least 4 members (excludes halogenated alkanes) is 1. The Morgan fingerprint density at radius 3 is 2.12 bits per heavy atom. The topological polar surface area (TPSA) is 78.5 Å². The highest BCUT2D eigenvalue weighted by Crippen LogP contribution is 2.13. The van der Waals surface area contributed by atoms with Crippen molar-refractivity contribution in [2.75, 3.05) is 19.6 Å². The Balaban J connectivity index is 0.00000277. The highest BCUT2D eigenvalue weighted by molar-refractivity contribution is 5.79. The van der Waals surface area contributed by atoms with Crippen LogP contribution in [0.1, 0.15) is 73.1 Å². The van der Waals surface area contributed by atoms with Crippen LogP contribution in [0, 0.1) is 0 Å². The van der Waals surface area contributed by atoms with E-state index in [4.69, 9.17) is 0 Å². The van der Waals surface area contributed by atoms with E-state index in [0.717, 1.165) is 25.7 Å². The molecule has 1 fully saturated rings. The van der Waals surface area contributed by atoms with Crippen LogP contribution in [0.4, 0.5) is 0 Å². The van der Waals surface area contributed by atoms with Crippen LogP contribution in [0.25, 0.3) is 0 Å². The predicted molar refractivity (Wildman–Crippen MR) is 101 cm³/mol. The molecule has 1 aliphatic rings. The fraction of sp³-hybridized carbons (Fsp3) is 0.842. The van der Waals surface area contributed by atoms with Gasteiger partial charge in [0.25, 0.3) is 0 Å². The van der Waals surface area contributed by atoms with Gasteiger partial charge in [0, 0.05) is 38.0 Å². The summed E-state index contributed by atoms with van der Waals surface area (Å²) in [5.74, 6) is 0.369. The molecule has 6 nitrogen and oxygen atoms in total. The smallest absolute Gasteiger partial charge is 0.234 e. The summed E-state index contributed by atoms with van der Waals surface area (Å²) in [6, 6.07) is 0.460. The molecule has 1 saturated heterocycles. The summed E-state index contributed by atoms with van der Waals surface area (Å²) in [4.78, 5) is 36.6. The Hall–Kier alpha value is -1.43. The molecule has 0 aliphatic carbocycles. The number of rotatable bonds is 9. The normalized spacial score (nSPS) is 14.7. The molecule has 2 amide bonds. The van der Waals surface area contributed by atoms with Gasteiger partial charge in [-0.3, -0.25) is 9.59 Å². The Morgan fingerprint density at radius 2 is 1.60 bits per heavy atom. The van der Waals surface area contributed by atoms with Crippen LogP contribution >= 0.6 is 0 Å². The molecule has 0 saturated carbocycles. The molecule has 0 atom stereocenters. The summed E-state index contributed by atoms with van der Waals surface area (Å²) in [5, 5.41) is 6.12. The van der Waals surface area contributed by atoms with Crippen molar-refractivity contribution in [1.82, 2.24) is 15.5 Å². The first-order valence-electron chi connectivity index (χ1n) is 9.68. The number of ketones is 1. The lowest BCUT2D eigenvalue weighted by Gasteiger charge is -2.32. The maximum Gasteiger partial charge on any atom is 0.234 e. The molecule has 1 aliphatic heterocycles. The van der Waals surface area contributed by atoms with Gasteiger partial charge in [-0.2, -0.15) is 0 Å². The van der Waals surface area contributed by atoms with E-state index in [1.165, 1.54) is 0 Å². The van der Waals surface area contributed by atoms with Crippen molar-refractivity contribution in [3.63, 3.8) is 0 Å². The summed E-state index contributed by atoms with van der Waals surface area (Å²) in [6.07, 6.45) is 4.26. The number of likely N-dealkylation sites (tertiary alicyclic amines) is 1. The molecule has 2 N–H and O–H groups in total. The van der Waals surface area contributed by atoms with Gasteiger partial charge in [-0.15, -0.1) is 0 Å². The van der Waals surface area contributed by atoms with E-state index in [1.807, 2.05) is 32.6 Å². The van der Waals surface area contributed by atoms with Gasteiger partial charge in [0.05, 0.1) is 6.54 Å². The number of carbonyl (C=O) groups is 3. The molecule has 146 valence electrons. The van der Waals surface area contributed by atoms with Crippen LogP contribution in [0.15, 0.2) is 0 Å². The van der Waals surface area contributed by atoms with Crippen LogP contribution in [0.3, 0.4) is 0 Å². The molecule has 1 heterocycles. The van der Waals surface area contributed by atoms with E-state index < -0.39 is 0 Å². The van der Waals surface area contributed by atoms with Crippen LogP contribution in [-0.2, 0) is 14.4 Å². The first kappa shape index (κ1) is 23.6. The molecule has 0 spiro atoms. The Kier molecular flexibility index (Phi) is 13.0. The van der Waals surface area contributed by atoms with Crippen molar-refractivity contribution in [2.24, 2.45) is 0 Å². The average Bonchev–Trinajstić information content (AvgIpc) is 2.59. The molecule has 0 unspecified atom stereocenters. The maximum absolute atomic E-state index is 12.1. The molecule has 0 aromatic rings. The summed E-state index contributed by atoms with van der Waals surface area (Å²) in [5.41, 5.74) is 0. The molecule has 6 heteroatoms. The number of hydrogen-bond acceptors (Lipinski definition) is 4. The van der Waals surface area contributed by atoms with Crippen molar-refractivity contribution in [3.05, 3.63) is 0 Å². The Morgan fingerprint density at radius 1 is 1.04 bits per heavy atom. The monoisotopic (exact) mass is 355 g/mol. The molecule has 25 heavy (non-hydrogen) atoms. The van der Waals surface area contributed by atoms with E-state index in [0.29, 0.717) is 38.5 Å². The van der Waals surface area contributed by atoms with E-state index in [9.17, 15) is 14.4 Å². The van der Waals surface area contributed by atoms with E-state index in [1.54, 1.807) is 6.92 Å². The second-order valence-electron chi connectivity index (χ2n) is 6.67. The molecule has 0 aromatic heterocycles. The highest BCUT2D eigenvalue weighted by atomic mass is 16.2. The van der Waals surface area contributed by atoms with Gasteiger partial charge in [0.15, 0.2) is 0 Å². The van der Waals surface area contributed by atoms with Gasteiger partial charge >= 0.3 is 0 Å². The second kappa shape index (κ2) is 13.8. The second-order valence-corrected chi connectivity index (χ2v) is 6.67. The quantitative estimate of drug-likeness (QED) is 0.622. The lowest BCUT2D eigenvalue weighted by atomic mass is 10.0. The summed E-state index contributed by atoms with van der Waals surface area (Å²) in [7, 11) is 0. The van der Waals surface area contributed by atoms with Crippen molar-refractivity contribution in [1.29, 1.82) is 0 Å². The number of nitrogens with zero attached hydrogens (tertiary/aromatic N) is 1. The first-order valence-corrected chi connectivity index (χ1v) is 9.68. The largest absolute Gasteiger partial charge is 0.352 e. The lowest BCUT2D eigenvalue weighted by Crippen LogP contribution is -2.48. The Labute approximate surface area is 153 Å². The minimum Gasteiger partial charge on any atom is -0.352 e. The van der Waals surface area contributed by atoms with Crippen LogP contribution in [-0.4, -0.2) is 54.2 Å². The molecule has 0 aromatic carbocycles. The van der Waals surface area contributed by atoms with Gasteiger partial charge in [-0.1, -0.05) is 27.7 Å².